The molecule has 0 unspecified atom stereocenters. The Bertz CT molecular complexity index is 885. The maximum Gasteiger partial charge on any atom is 0.258 e. The third kappa shape index (κ3) is 3.76. The molecule has 0 spiro atoms. The number of nitrogens with zero attached hydrogens (tertiary/aromatic N) is 1. The van der Waals surface area contributed by atoms with Crippen LogP contribution in [0.4, 0.5) is 10.1 Å². The lowest BCUT2D eigenvalue weighted by molar-refractivity contribution is 0.102. The number of hydrogen-bond acceptors (Lipinski definition) is 3. The Morgan fingerprint density at radius 1 is 1.16 bits per heavy atom. The molecule has 1 N–H and O–H groups in total. The lowest BCUT2D eigenvalue weighted by Crippen LogP contribution is -2.13. The number of halogens is 1. The molecule has 3 aromatic rings. The quantitative estimate of drug-likeness (QED) is 0.713. The number of carbonyl (C=O) groups is 1. The van der Waals surface area contributed by atoms with Crippen LogP contribution in [0.15, 0.2) is 52.9 Å². The summed E-state index contributed by atoms with van der Waals surface area (Å²) in [6.07, 6.45) is 1.78. The highest BCUT2D eigenvalue weighted by Crippen LogP contribution is 2.25. The number of rotatable bonds is 5. The summed E-state index contributed by atoms with van der Waals surface area (Å²) in [5.74, 6) is 0.477. The van der Waals surface area contributed by atoms with E-state index in [1.54, 1.807) is 24.3 Å². The molecule has 3 rings (SSSR count). The summed E-state index contributed by atoms with van der Waals surface area (Å²) >= 11 is 0. The standard InChI is InChI=1S/C20H19FN2O2/c1-3-6-18-23-19(13(2)25-18)14-9-11-15(12-10-14)22-20(24)16-7-4-5-8-17(16)21/h4-5,7-12H,3,6H2,1-2H3,(H,22,24). The fraction of sp³-hybridized carbons (Fsp3) is 0.200. The molecule has 1 aromatic heterocycles. The Kier molecular flexibility index (Phi) is 4.93. The summed E-state index contributed by atoms with van der Waals surface area (Å²) in [5.41, 5.74) is 2.32. The van der Waals surface area contributed by atoms with Crippen molar-refractivity contribution in [3.05, 3.63) is 71.6 Å². The van der Waals surface area contributed by atoms with E-state index in [1.165, 1.54) is 12.1 Å². The minimum absolute atomic E-state index is 0.0168. The average molecular weight is 338 g/mol. The van der Waals surface area contributed by atoms with Gasteiger partial charge in [-0.2, -0.15) is 0 Å². The van der Waals surface area contributed by atoms with E-state index >= 15 is 0 Å². The van der Waals surface area contributed by atoms with E-state index in [2.05, 4.69) is 17.2 Å². The van der Waals surface area contributed by atoms with Crippen molar-refractivity contribution in [3.8, 4) is 11.3 Å². The van der Waals surface area contributed by atoms with Gasteiger partial charge in [-0.05, 0) is 37.6 Å². The molecular weight excluding hydrogens is 319 g/mol. The molecular formula is C20H19FN2O2. The first-order chi connectivity index (χ1) is 12.1. The Morgan fingerprint density at radius 3 is 2.56 bits per heavy atom. The molecule has 1 amide bonds. The van der Waals surface area contributed by atoms with Gasteiger partial charge in [-0.3, -0.25) is 4.79 Å². The molecule has 128 valence electrons. The van der Waals surface area contributed by atoms with E-state index < -0.39 is 11.7 Å². The second kappa shape index (κ2) is 7.30. The topological polar surface area (TPSA) is 55.1 Å². The monoisotopic (exact) mass is 338 g/mol. The number of benzene rings is 2. The van der Waals surface area contributed by atoms with E-state index in [1.807, 2.05) is 19.1 Å². The summed E-state index contributed by atoms with van der Waals surface area (Å²) in [6.45, 7) is 3.96. The van der Waals surface area contributed by atoms with Crippen LogP contribution in [0.3, 0.4) is 0 Å². The number of anilines is 1. The van der Waals surface area contributed by atoms with Gasteiger partial charge in [-0.15, -0.1) is 0 Å². The minimum Gasteiger partial charge on any atom is -0.445 e. The number of aryl methyl sites for hydroxylation is 2. The summed E-state index contributed by atoms with van der Waals surface area (Å²) in [5, 5.41) is 2.70. The Balaban J connectivity index is 1.76. The van der Waals surface area contributed by atoms with Crippen LogP contribution in [0, 0.1) is 12.7 Å². The van der Waals surface area contributed by atoms with E-state index in [0.29, 0.717) is 5.69 Å². The van der Waals surface area contributed by atoms with Crippen molar-refractivity contribution in [2.24, 2.45) is 0 Å². The van der Waals surface area contributed by atoms with E-state index in [4.69, 9.17) is 4.42 Å². The highest BCUT2D eigenvalue weighted by atomic mass is 19.1. The normalized spacial score (nSPS) is 10.7. The first kappa shape index (κ1) is 16.9. The van der Waals surface area contributed by atoms with Crippen molar-refractivity contribution in [3.63, 3.8) is 0 Å². The predicted octanol–water partition coefficient (Wildman–Crippen LogP) is 4.99. The molecule has 25 heavy (non-hydrogen) atoms. The number of nitrogens with one attached hydrogen (secondary N) is 1. The van der Waals surface area contributed by atoms with Crippen molar-refractivity contribution in [1.82, 2.24) is 4.98 Å². The zero-order chi connectivity index (χ0) is 17.8. The maximum absolute atomic E-state index is 13.7. The van der Waals surface area contributed by atoms with Crippen LogP contribution in [0.1, 0.15) is 35.4 Å². The number of carbonyl (C=O) groups excluding carboxylic acids is 1. The van der Waals surface area contributed by atoms with Crippen LogP contribution in [0.25, 0.3) is 11.3 Å². The van der Waals surface area contributed by atoms with Crippen molar-refractivity contribution < 1.29 is 13.6 Å². The molecule has 0 radical (unpaired) electrons. The van der Waals surface area contributed by atoms with Gasteiger partial charge in [-0.1, -0.05) is 31.2 Å². The fourth-order valence-electron chi connectivity index (χ4n) is 2.60. The van der Waals surface area contributed by atoms with Crippen LogP contribution in [0.5, 0.6) is 0 Å². The van der Waals surface area contributed by atoms with Crippen molar-refractivity contribution in [1.29, 1.82) is 0 Å². The van der Waals surface area contributed by atoms with Gasteiger partial charge < -0.3 is 9.73 Å². The molecule has 0 aliphatic carbocycles. The third-order valence-electron chi connectivity index (χ3n) is 3.84. The van der Waals surface area contributed by atoms with Gasteiger partial charge in [-0.25, -0.2) is 9.37 Å². The molecule has 0 saturated carbocycles. The third-order valence-corrected chi connectivity index (χ3v) is 3.84. The summed E-state index contributed by atoms with van der Waals surface area (Å²) in [4.78, 5) is 16.7. The van der Waals surface area contributed by atoms with E-state index in [-0.39, 0.29) is 5.56 Å². The van der Waals surface area contributed by atoms with Gasteiger partial charge in [0, 0.05) is 17.7 Å². The average Bonchev–Trinajstić information content (AvgIpc) is 2.97. The molecule has 0 saturated heterocycles. The lowest BCUT2D eigenvalue weighted by Gasteiger charge is -2.07. The smallest absolute Gasteiger partial charge is 0.258 e. The number of hydrogen-bond donors (Lipinski definition) is 1. The summed E-state index contributed by atoms with van der Waals surface area (Å²) < 4.78 is 19.3. The second-order valence-corrected chi connectivity index (χ2v) is 5.77. The first-order valence-corrected chi connectivity index (χ1v) is 8.21. The van der Waals surface area contributed by atoms with E-state index in [9.17, 15) is 9.18 Å². The van der Waals surface area contributed by atoms with Crippen LogP contribution >= 0.6 is 0 Å². The Hall–Kier alpha value is -2.95. The van der Waals surface area contributed by atoms with E-state index in [0.717, 1.165) is 35.7 Å². The number of oxazole rings is 1. The Labute approximate surface area is 145 Å². The van der Waals surface area contributed by atoms with Crippen molar-refractivity contribution in [2.75, 3.05) is 5.32 Å². The lowest BCUT2D eigenvalue weighted by atomic mass is 10.1. The maximum atomic E-state index is 13.7. The highest BCUT2D eigenvalue weighted by Gasteiger charge is 2.13. The second-order valence-electron chi connectivity index (χ2n) is 5.77. The molecule has 0 aliphatic heterocycles. The summed E-state index contributed by atoms with van der Waals surface area (Å²) in [7, 11) is 0. The SMILES string of the molecule is CCCc1nc(-c2ccc(NC(=O)c3ccccc3F)cc2)c(C)o1. The molecule has 2 aromatic carbocycles. The molecule has 1 heterocycles. The molecule has 0 fully saturated rings. The Morgan fingerprint density at radius 2 is 1.88 bits per heavy atom. The zero-order valence-corrected chi connectivity index (χ0v) is 14.2. The van der Waals surface area contributed by atoms with Gasteiger partial charge in [0.15, 0.2) is 5.89 Å². The van der Waals surface area contributed by atoms with Crippen LogP contribution < -0.4 is 5.32 Å². The predicted molar refractivity (Wildman–Crippen MR) is 95.0 cm³/mol. The van der Waals surface area contributed by atoms with Crippen molar-refractivity contribution >= 4 is 11.6 Å². The van der Waals surface area contributed by atoms with Gasteiger partial charge in [0.2, 0.25) is 0 Å². The molecule has 5 heteroatoms. The minimum atomic E-state index is -0.543. The number of amides is 1. The van der Waals surface area contributed by atoms with Gasteiger partial charge in [0.25, 0.3) is 5.91 Å². The fourth-order valence-corrected chi connectivity index (χ4v) is 2.60. The van der Waals surface area contributed by atoms with Crippen LogP contribution in [-0.2, 0) is 6.42 Å². The first-order valence-electron chi connectivity index (χ1n) is 8.21. The largest absolute Gasteiger partial charge is 0.445 e. The highest BCUT2D eigenvalue weighted by molar-refractivity contribution is 6.04. The van der Waals surface area contributed by atoms with Gasteiger partial charge in [0.05, 0.1) is 5.56 Å². The molecule has 0 bridgehead atoms. The van der Waals surface area contributed by atoms with Gasteiger partial charge >= 0.3 is 0 Å². The zero-order valence-electron chi connectivity index (χ0n) is 14.2. The van der Waals surface area contributed by atoms with Crippen molar-refractivity contribution in [2.45, 2.75) is 26.7 Å². The van der Waals surface area contributed by atoms with Crippen LogP contribution in [-0.4, -0.2) is 10.9 Å². The summed E-state index contributed by atoms with van der Waals surface area (Å²) in [6, 6.07) is 13.1. The molecule has 4 nitrogen and oxygen atoms in total. The molecule has 0 atom stereocenters. The molecule has 0 aliphatic rings. The number of aromatic nitrogens is 1. The van der Waals surface area contributed by atoms with Gasteiger partial charge in [0.1, 0.15) is 17.3 Å². The van der Waals surface area contributed by atoms with Crippen LogP contribution in [0.2, 0.25) is 0 Å².